The van der Waals surface area contributed by atoms with Crippen molar-refractivity contribution in [2.45, 2.75) is 6.42 Å². The van der Waals surface area contributed by atoms with Gasteiger partial charge in [0.2, 0.25) is 12.7 Å². The normalized spacial score (nSPS) is 12.5. The standard InChI is InChI=1S/C13H11N5O5S/c14-13-16-8(5-24-13)2-12(19)17-15-4-7-1-10-11(23-6-22-10)3-9(7)18(20)21/h1,3-5H,2,6H2,(H2,14,16)(H,17,19)/b15-4+. The van der Waals surface area contributed by atoms with Gasteiger partial charge >= 0.3 is 0 Å². The first-order chi connectivity index (χ1) is 11.5. The molecule has 24 heavy (non-hydrogen) atoms. The maximum Gasteiger partial charge on any atom is 0.282 e. The summed E-state index contributed by atoms with van der Waals surface area (Å²) >= 11 is 1.23. The van der Waals surface area contributed by atoms with E-state index < -0.39 is 10.8 Å². The number of rotatable bonds is 5. The van der Waals surface area contributed by atoms with E-state index >= 15 is 0 Å². The van der Waals surface area contributed by atoms with Crippen LogP contribution in [0.25, 0.3) is 0 Å². The fourth-order valence-corrected chi connectivity index (χ4v) is 2.55. The lowest BCUT2D eigenvalue weighted by molar-refractivity contribution is -0.385. The van der Waals surface area contributed by atoms with E-state index in [2.05, 4.69) is 15.5 Å². The molecule has 1 aliphatic rings. The average molecular weight is 349 g/mol. The highest BCUT2D eigenvalue weighted by Gasteiger charge is 2.22. The molecule has 0 aliphatic carbocycles. The molecule has 1 aromatic carbocycles. The molecule has 0 radical (unpaired) electrons. The van der Waals surface area contributed by atoms with Crippen LogP contribution in [0.4, 0.5) is 10.8 Å². The first kappa shape index (κ1) is 15.7. The molecule has 3 N–H and O–H groups in total. The number of hydrogen-bond acceptors (Lipinski definition) is 9. The van der Waals surface area contributed by atoms with Gasteiger partial charge in [-0.05, 0) is 6.07 Å². The molecule has 3 rings (SSSR count). The summed E-state index contributed by atoms with van der Waals surface area (Å²) in [7, 11) is 0. The molecule has 0 saturated heterocycles. The van der Waals surface area contributed by atoms with E-state index in [1.54, 1.807) is 5.38 Å². The largest absolute Gasteiger partial charge is 0.454 e. The second kappa shape index (κ2) is 6.50. The quantitative estimate of drug-likeness (QED) is 0.467. The predicted molar refractivity (Wildman–Crippen MR) is 85.2 cm³/mol. The minimum absolute atomic E-state index is 0.000587. The zero-order valence-corrected chi connectivity index (χ0v) is 12.9. The first-order valence-corrected chi connectivity index (χ1v) is 7.50. The van der Waals surface area contributed by atoms with Crippen molar-refractivity contribution < 1.29 is 19.2 Å². The Morgan fingerprint density at radius 1 is 1.50 bits per heavy atom. The van der Waals surface area contributed by atoms with Gasteiger partial charge in [-0.25, -0.2) is 10.4 Å². The smallest absolute Gasteiger partial charge is 0.282 e. The first-order valence-electron chi connectivity index (χ1n) is 6.63. The van der Waals surface area contributed by atoms with Gasteiger partial charge in [0.15, 0.2) is 16.6 Å². The van der Waals surface area contributed by atoms with Gasteiger partial charge in [-0.3, -0.25) is 14.9 Å². The molecule has 1 aromatic heterocycles. The maximum atomic E-state index is 11.7. The molecule has 0 atom stereocenters. The number of benzene rings is 1. The van der Waals surface area contributed by atoms with Crippen molar-refractivity contribution in [1.29, 1.82) is 0 Å². The van der Waals surface area contributed by atoms with Crippen molar-refractivity contribution in [3.05, 3.63) is 38.9 Å². The van der Waals surface area contributed by atoms with Crippen molar-refractivity contribution in [3.63, 3.8) is 0 Å². The molecule has 10 nitrogen and oxygen atoms in total. The number of ether oxygens (including phenoxy) is 2. The van der Waals surface area contributed by atoms with Crippen LogP contribution < -0.4 is 20.6 Å². The third-order valence-corrected chi connectivity index (χ3v) is 3.75. The summed E-state index contributed by atoms with van der Waals surface area (Å²) in [6, 6.07) is 2.68. The number of carbonyl (C=O) groups excluding carboxylic acids is 1. The Morgan fingerprint density at radius 3 is 2.92 bits per heavy atom. The Hall–Kier alpha value is -3.21. The lowest BCUT2D eigenvalue weighted by atomic mass is 10.1. The Balaban J connectivity index is 1.70. The number of nitrogens with zero attached hydrogens (tertiary/aromatic N) is 3. The van der Waals surface area contributed by atoms with Crippen LogP contribution in [-0.4, -0.2) is 28.8 Å². The minimum atomic E-state index is -0.566. The highest BCUT2D eigenvalue weighted by molar-refractivity contribution is 7.13. The van der Waals surface area contributed by atoms with Crippen LogP contribution >= 0.6 is 11.3 Å². The number of hydrazone groups is 1. The number of nitro groups is 1. The summed E-state index contributed by atoms with van der Waals surface area (Å²) in [6.45, 7) is 0.000587. The number of anilines is 1. The van der Waals surface area contributed by atoms with E-state index in [1.165, 1.54) is 29.7 Å². The fraction of sp³-hybridized carbons (Fsp3) is 0.154. The molecule has 2 aromatic rings. The minimum Gasteiger partial charge on any atom is -0.454 e. The molecule has 2 heterocycles. The van der Waals surface area contributed by atoms with Crippen LogP contribution in [0.1, 0.15) is 11.3 Å². The van der Waals surface area contributed by atoms with Gasteiger partial charge in [-0.1, -0.05) is 0 Å². The molecule has 1 aliphatic heterocycles. The molecule has 0 bridgehead atoms. The fourth-order valence-electron chi connectivity index (χ4n) is 1.99. The van der Waals surface area contributed by atoms with E-state index in [1.807, 2.05) is 0 Å². The lowest BCUT2D eigenvalue weighted by Crippen LogP contribution is -2.20. The number of thiazole rings is 1. The summed E-state index contributed by atoms with van der Waals surface area (Å²) in [5.74, 6) is 0.260. The number of nitro benzene ring substituents is 1. The molecule has 1 amide bonds. The van der Waals surface area contributed by atoms with Gasteiger partial charge in [-0.2, -0.15) is 5.10 Å². The van der Waals surface area contributed by atoms with Crippen molar-refractivity contribution in [3.8, 4) is 11.5 Å². The van der Waals surface area contributed by atoms with Crippen LogP contribution in [0.2, 0.25) is 0 Å². The van der Waals surface area contributed by atoms with Crippen molar-refractivity contribution in [2.24, 2.45) is 5.10 Å². The molecule has 0 unspecified atom stereocenters. The van der Waals surface area contributed by atoms with E-state index in [0.717, 1.165) is 0 Å². The number of nitrogens with two attached hydrogens (primary N) is 1. The van der Waals surface area contributed by atoms with Gasteiger partial charge in [0.25, 0.3) is 5.69 Å². The van der Waals surface area contributed by atoms with E-state index in [4.69, 9.17) is 15.2 Å². The van der Waals surface area contributed by atoms with E-state index in [9.17, 15) is 14.9 Å². The van der Waals surface area contributed by atoms with E-state index in [0.29, 0.717) is 22.3 Å². The monoisotopic (exact) mass is 349 g/mol. The summed E-state index contributed by atoms with van der Waals surface area (Å²) in [5.41, 5.74) is 8.27. The second-order valence-electron chi connectivity index (χ2n) is 4.67. The zero-order valence-electron chi connectivity index (χ0n) is 12.1. The number of amides is 1. The Morgan fingerprint density at radius 2 is 2.25 bits per heavy atom. The summed E-state index contributed by atoms with van der Waals surface area (Å²) in [4.78, 5) is 26.2. The molecule has 0 saturated carbocycles. The summed E-state index contributed by atoms with van der Waals surface area (Å²) in [6.07, 6.45) is 1.18. The number of nitrogen functional groups attached to an aromatic ring is 1. The topological polar surface area (TPSA) is 142 Å². The van der Waals surface area contributed by atoms with Crippen LogP contribution in [0.3, 0.4) is 0 Å². The average Bonchev–Trinajstić information content (AvgIpc) is 3.14. The number of fused-ring (bicyclic) bond motifs is 1. The van der Waals surface area contributed by atoms with Crippen molar-refractivity contribution >= 4 is 34.3 Å². The predicted octanol–water partition coefficient (Wildman–Crippen LogP) is 1.05. The second-order valence-corrected chi connectivity index (χ2v) is 5.56. The van der Waals surface area contributed by atoms with Crippen LogP contribution in [0.15, 0.2) is 22.6 Å². The highest BCUT2D eigenvalue weighted by Crippen LogP contribution is 2.37. The third kappa shape index (κ3) is 3.41. The van der Waals surface area contributed by atoms with E-state index in [-0.39, 0.29) is 24.5 Å². The molecule has 0 fully saturated rings. The summed E-state index contributed by atoms with van der Waals surface area (Å²) < 4.78 is 10.3. The Kier molecular flexibility index (Phi) is 4.24. The van der Waals surface area contributed by atoms with Crippen molar-refractivity contribution in [1.82, 2.24) is 10.4 Å². The number of hydrogen-bond donors (Lipinski definition) is 2. The maximum absolute atomic E-state index is 11.7. The number of nitrogens with one attached hydrogen (secondary N) is 1. The highest BCUT2D eigenvalue weighted by atomic mass is 32.1. The van der Waals surface area contributed by atoms with Crippen LogP contribution in [0, 0.1) is 10.1 Å². The molecular weight excluding hydrogens is 338 g/mol. The SMILES string of the molecule is Nc1nc(CC(=O)N/N=C/c2cc3c(cc2[N+](=O)[O-])OCO3)cs1. The van der Waals surface area contributed by atoms with Gasteiger partial charge in [0.05, 0.1) is 34.9 Å². The van der Waals surface area contributed by atoms with Gasteiger partial charge < -0.3 is 15.2 Å². The van der Waals surface area contributed by atoms with Gasteiger partial charge in [0.1, 0.15) is 0 Å². The third-order valence-electron chi connectivity index (χ3n) is 3.02. The van der Waals surface area contributed by atoms with Crippen molar-refractivity contribution in [2.75, 3.05) is 12.5 Å². The lowest BCUT2D eigenvalue weighted by Gasteiger charge is -2.01. The molecule has 11 heteroatoms. The molecule has 0 spiro atoms. The summed E-state index contributed by atoms with van der Waals surface area (Å²) in [5, 5.41) is 16.9. The molecule has 124 valence electrons. The number of aromatic nitrogens is 1. The van der Waals surface area contributed by atoms with Crippen LogP contribution in [0.5, 0.6) is 11.5 Å². The Labute approximate surface area is 139 Å². The number of carbonyl (C=O) groups is 1. The van der Waals surface area contributed by atoms with Crippen LogP contribution in [-0.2, 0) is 11.2 Å². The Bertz CT molecular complexity index is 834. The van der Waals surface area contributed by atoms with Gasteiger partial charge in [-0.15, -0.1) is 11.3 Å². The van der Waals surface area contributed by atoms with Gasteiger partial charge in [0, 0.05) is 5.38 Å². The zero-order chi connectivity index (χ0) is 17.1. The molecular formula is C13H11N5O5S.